The first-order valence-electron chi connectivity index (χ1n) is 6.89. The van der Waals surface area contributed by atoms with Gasteiger partial charge >= 0.3 is 0 Å². The summed E-state index contributed by atoms with van der Waals surface area (Å²) in [7, 11) is 0. The van der Waals surface area contributed by atoms with E-state index in [2.05, 4.69) is 11.4 Å². The Bertz CT molecular complexity index is 280. The molecule has 1 aliphatic heterocycles. The quantitative estimate of drug-likeness (QED) is 0.763. The molecule has 96 valence electrons. The number of rotatable bonds is 4. The van der Waals surface area contributed by atoms with E-state index < -0.39 is 0 Å². The molecular weight excluding hydrogens is 214 g/mol. The van der Waals surface area contributed by atoms with E-state index in [4.69, 9.17) is 4.74 Å². The predicted molar refractivity (Wildman–Crippen MR) is 67.7 cm³/mol. The van der Waals surface area contributed by atoms with Crippen LogP contribution in [-0.2, 0) is 9.53 Å². The van der Waals surface area contributed by atoms with Crippen molar-refractivity contribution in [2.24, 2.45) is 5.92 Å². The average molecular weight is 237 g/mol. The predicted octanol–water partition coefficient (Wildman–Crippen LogP) is 2.42. The van der Waals surface area contributed by atoms with Gasteiger partial charge in [0.1, 0.15) is 0 Å². The fourth-order valence-electron chi connectivity index (χ4n) is 2.57. The summed E-state index contributed by atoms with van der Waals surface area (Å²) in [5.74, 6) is 0.269. The molecule has 0 radical (unpaired) electrons. The maximum absolute atomic E-state index is 11.8. The van der Waals surface area contributed by atoms with Gasteiger partial charge in [-0.15, -0.1) is 0 Å². The zero-order valence-corrected chi connectivity index (χ0v) is 10.5. The van der Waals surface area contributed by atoms with Crippen molar-refractivity contribution in [3.63, 3.8) is 0 Å². The van der Waals surface area contributed by atoms with E-state index in [0.717, 1.165) is 32.4 Å². The van der Waals surface area contributed by atoms with E-state index in [1.165, 1.54) is 31.3 Å². The van der Waals surface area contributed by atoms with Gasteiger partial charge in [0.05, 0.1) is 12.5 Å². The minimum atomic E-state index is 0.0871. The Kier molecular flexibility index (Phi) is 5.05. The van der Waals surface area contributed by atoms with Crippen LogP contribution in [0.4, 0.5) is 0 Å². The zero-order valence-electron chi connectivity index (χ0n) is 10.5. The molecule has 2 aliphatic rings. The largest absolute Gasteiger partial charge is 0.381 e. The standard InChI is InChI=1S/C14H23NO2/c16-14(13-7-4-10-17-11-13)15-9-8-12-5-2-1-3-6-12/h5,13H,1-4,6-11H2,(H,15,16). The van der Waals surface area contributed by atoms with E-state index in [0.29, 0.717) is 6.61 Å². The summed E-state index contributed by atoms with van der Waals surface area (Å²) in [6, 6.07) is 0. The van der Waals surface area contributed by atoms with Crippen molar-refractivity contribution >= 4 is 5.91 Å². The van der Waals surface area contributed by atoms with Crippen molar-refractivity contribution < 1.29 is 9.53 Å². The molecule has 1 fully saturated rings. The minimum Gasteiger partial charge on any atom is -0.381 e. The van der Waals surface area contributed by atoms with Gasteiger partial charge in [-0.3, -0.25) is 4.79 Å². The number of carbonyl (C=O) groups excluding carboxylic acids is 1. The van der Waals surface area contributed by atoms with Crippen molar-refractivity contribution in [1.82, 2.24) is 5.32 Å². The summed E-state index contributed by atoms with van der Waals surface area (Å²) in [5, 5.41) is 3.04. The molecule has 1 aliphatic carbocycles. The van der Waals surface area contributed by atoms with E-state index in [1.54, 1.807) is 0 Å². The fraction of sp³-hybridized carbons (Fsp3) is 0.786. The van der Waals surface area contributed by atoms with E-state index >= 15 is 0 Å². The first kappa shape index (κ1) is 12.6. The van der Waals surface area contributed by atoms with Crippen molar-refractivity contribution in [3.05, 3.63) is 11.6 Å². The third-order valence-electron chi connectivity index (χ3n) is 3.66. The first-order valence-corrected chi connectivity index (χ1v) is 6.89. The molecule has 1 unspecified atom stereocenters. The topological polar surface area (TPSA) is 38.3 Å². The highest BCUT2D eigenvalue weighted by atomic mass is 16.5. The third-order valence-corrected chi connectivity index (χ3v) is 3.66. The van der Waals surface area contributed by atoms with E-state index in [1.807, 2.05) is 0 Å². The molecule has 0 spiro atoms. The molecule has 0 aromatic carbocycles. The number of ether oxygens (including phenoxy) is 1. The fourth-order valence-corrected chi connectivity index (χ4v) is 2.57. The molecule has 3 nitrogen and oxygen atoms in total. The van der Waals surface area contributed by atoms with Crippen molar-refractivity contribution in [2.45, 2.75) is 44.9 Å². The summed E-state index contributed by atoms with van der Waals surface area (Å²) < 4.78 is 5.33. The lowest BCUT2D eigenvalue weighted by Crippen LogP contribution is -2.36. The molecule has 1 heterocycles. The van der Waals surface area contributed by atoms with Crippen LogP contribution in [-0.4, -0.2) is 25.7 Å². The highest BCUT2D eigenvalue weighted by Crippen LogP contribution is 2.19. The third kappa shape index (κ3) is 4.15. The van der Waals surface area contributed by atoms with Gasteiger partial charge in [-0.05, 0) is 44.9 Å². The summed E-state index contributed by atoms with van der Waals surface area (Å²) >= 11 is 0. The highest BCUT2D eigenvalue weighted by molar-refractivity contribution is 5.78. The minimum absolute atomic E-state index is 0.0871. The van der Waals surface area contributed by atoms with Crippen molar-refractivity contribution in [1.29, 1.82) is 0 Å². The first-order chi connectivity index (χ1) is 8.36. The van der Waals surface area contributed by atoms with Gasteiger partial charge in [-0.2, -0.15) is 0 Å². The molecule has 0 bridgehead atoms. The van der Waals surface area contributed by atoms with Crippen LogP contribution in [0.1, 0.15) is 44.9 Å². The molecule has 0 aromatic heterocycles. The molecule has 0 aromatic rings. The highest BCUT2D eigenvalue weighted by Gasteiger charge is 2.21. The maximum Gasteiger partial charge on any atom is 0.225 e. The lowest BCUT2D eigenvalue weighted by Gasteiger charge is -2.21. The monoisotopic (exact) mass is 237 g/mol. The van der Waals surface area contributed by atoms with Crippen LogP contribution in [0.15, 0.2) is 11.6 Å². The van der Waals surface area contributed by atoms with Crippen LogP contribution < -0.4 is 5.32 Å². The van der Waals surface area contributed by atoms with Crippen molar-refractivity contribution in [3.8, 4) is 0 Å². The number of nitrogens with one attached hydrogen (secondary N) is 1. The Hall–Kier alpha value is -0.830. The van der Waals surface area contributed by atoms with Crippen LogP contribution in [0.5, 0.6) is 0 Å². The second kappa shape index (κ2) is 6.80. The molecule has 1 N–H and O–H groups in total. The molecular formula is C14H23NO2. The summed E-state index contributed by atoms with van der Waals surface area (Å²) in [5.41, 5.74) is 1.52. The maximum atomic E-state index is 11.8. The van der Waals surface area contributed by atoms with Crippen molar-refractivity contribution in [2.75, 3.05) is 19.8 Å². The molecule has 0 saturated carbocycles. The number of allylic oxidation sites excluding steroid dienone is 1. The van der Waals surface area contributed by atoms with Gasteiger partial charge in [-0.25, -0.2) is 0 Å². The van der Waals surface area contributed by atoms with Crippen LogP contribution in [0.25, 0.3) is 0 Å². The normalized spacial score (nSPS) is 25.2. The second-order valence-corrected chi connectivity index (χ2v) is 5.06. The Morgan fingerprint density at radius 3 is 3.06 bits per heavy atom. The van der Waals surface area contributed by atoms with E-state index in [-0.39, 0.29) is 11.8 Å². The van der Waals surface area contributed by atoms with Crippen LogP contribution in [0.3, 0.4) is 0 Å². The smallest absolute Gasteiger partial charge is 0.225 e. The van der Waals surface area contributed by atoms with Gasteiger partial charge in [0.2, 0.25) is 5.91 Å². The molecule has 17 heavy (non-hydrogen) atoms. The van der Waals surface area contributed by atoms with Crippen LogP contribution >= 0.6 is 0 Å². The second-order valence-electron chi connectivity index (χ2n) is 5.06. The van der Waals surface area contributed by atoms with Gasteiger partial charge < -0.3 is 10.1 Å². The molecule has 1 amide bonds. The molecule has 1 atom stereocenters. The molecule has 3 heteroatoms. The molecule has 1 saturated heterocycles. The van der Waals surface area contributed by atoms with Gasteiger partial charge in [0, 0.05) is 13.2 Å². The number of carbonyl (C=O) groups is 1. The van der Waals surface area contributed by atoms with Crippen LogP contribution in [0.2, 0.25) is 0 Å². The molecule has 2 rings (SSSR count). The Morgan fingerprint density at radius 1 is 1.41 bits per heavy atom. The lowest BCUT2D eigenvalue weighted by molar-refractivity contribution is -0.128. The summed E-state index contributed by atoms with van der Waals surface area (Å²) in [6.45, 7) is 2.21. The van der Waals surface area contributed by atoms with Crippen LogP contribution in [0, 0.1) is 5.92 Å². The summed E-state index contributed by atoms with van der Waals surface area (Å²) in [6.07, 6.45) is 10.5. The number of hydrogen-bond donors (Lipinski definition) is 1. The summed E-state index contributed by atoms with van der Waals surface area (Å²) in [4.78, 5) is 11.8. The van der Waals surface area contributed by atoms with Gasteiger partial charge in [0.15, 0.2) is 0 Å². The Labute approximate surface area is 104 Å². The van der Waals surface area contributed by atoms with Gasteiger partial charge in [0.25, 0.3) is 0 Å². The number of hydrogen-bond acceptors (Lipinski definition) is 2. The SMILES string of the molecule is O=C(NCCC1=CCCCC1)C1CCCOC1. The Balaban J connectivity index is 1.63. The average Bonchev–Trinajstić information content (AvgIpc) is 2.41. The number of amides is 1. The lowest BCUT2D eigenvalue weighted by atomic mass is 9.97. The van der Waals surface area contributed by atoms with E-state index in [9.17, 15) is 4.79 Å². The zero-order chi connectivity index (χ0) is 11.9. The Morgan fingerprint density at radius 2 is 2.35 bits per heavy atom. The van der Waals surface area contributed by atoms with Gasteiger partial charge in [-0.1, -0.05) is 11.6 Å².